The van der Waals surface area contributed by atoms with Crippen molar-refractivity contribution in [3.05, 3.63) is 74.8 Å². The summed E-state index contributed by atoms with van der Waals surface area (Å²) in [5.41, 5.74) is 5.58. The molecule has 0 radical (unpaired) electrons. The zero-order valence-electron chi connectivity index (χ0n) is 16.1. The monoisotopic (exact) mass is 445 g/mol. The van der Waals surface area contributed by atoms with Gasteiger partial charge < -0.3 is 21.1 Å². The number of primary amides is 1. The third-order valence-corrected chi connectivity index (χ3v) is 6.26. The number of benzene rings is 2. The molecule has 0 aromatic heterocycles. The molecule has 1 saturated heterocycles. The lowest BCUT2D eigenvalue weighted by Crippen LogP contribution is -2.41. The highest BCUT2D eigenvalue weighted by Crippen LogP contribution is 2.49. The normalized spacial score (nSPS) is 21.0. The number of carbonyl (C=O) groups is 2. The highest BCUT2D eigenvalue weighted by Gasteiger charge is 2.53. The largest absolute Gasteiger partial charge is 0.372 e. The van der Waals surface area contributed by atoms with Crippen LogP contribution < -0.4 is 16.0 Å². The van der Waals surface area contributed by atoms with Crippen LogP contribution in [0.1, 0.15) is 34.3 Å². The number of halogens is 2. The van der Waals surface area contributed by atoms with Gasteiger partial charge in [-0.25, -0.2) is 0 Å². The summed E-state index contributed by atoms with van der Waals surface area (Å²) >= 11 is 12.8. The van der Waals surface area contributed by atoms with Crippen LogP contribution in [0, 0.1) is 0 Å². The van der Waals surface area contributed by atoms with Crippen LogP contribution in [0.4, 0.5) is 5.69 Å². The number of nitrogens with one attached hydrogen (secondary N) is 1. The predicted molar refractivity (Wildman–Crippen MR) is 117 cm³/mol. The van der Waals surface area contributed by atoms with E-state index in [0.717, 1.165) is 25.9 Å². The maximum atomic E-state index is 13.5. The molecule has 4 N–H and O–H groups in total. The van der Waals surface area contributed by atoms with Gasteiger partial charge in [-0.3, -0.25) is 9.59 Å². The van der Waals surface area contributed by atoms with Crippen LogP contribution in [0.2, 0.25) is 10.0 Å². The van der Waals surface area contributed by atoms with Crippen molar-refractivity contribution >= 4 is 40.7 Å². The summed E-state index contributed by atoms with van der Waals surface area (Å²) in [6.07, 6.45) is 3.78. The van der Waals surface area contributed by atoms with Crippen molar-refractivity contribution in [1.82, 2.24) is 5.32 Å². The summed E-state index contributed by atoms with van der Waals surface area (Å²) in [6, 6.07) is 9.47. The van der Waals surface area contributed by atoms with Gasteiger partial charge in [-0.1, -0.05) is 53.1 Å². The van der Waals surface area contributed by atoms with Gasteiger partial charge in [0, 0.05) is 28.3 Å². The first kappa shape index (κ1) is 20.9. The molecule has 2 aliphatic heterocycles. The Kier molecular flexibility index (Phi) is 5.59. The number of aliphatic hydroxyl groups is 1. The van der Waals surface area contributed by atoms with Crippen LogP contribution in [0.5, 0.6) is 0 Å². The zero-order valence-corrected chi connectivity index (χ0v) is 17.6. The van der Waals surface area contributed by atoms with E-state index in [2.05, 4.69) is 5.32 Å². The van der Waals surface area contributed by atoms with E-state index in [1.807, 2.05) is 6.08 Å². The molecule has 0 aliphatic carbocycles. The van der Waals surface area contributed by atoms with Crippen molar-refractivity contribution in [3.8, 4) is 0 Å². The van der Waals surface area contributed by atoms with Crippen LogP contribution in [0.25, 0.3) is 0 Å². The lowest BCUT2D eigenvalue weighted by Gasteiger charge is -2.25. The van der Waals surface area contributed by atoms with Crippen molar-refractivity contribution in [2.75, 3.05) is 24.5 Å². The van der Waals surface area contributed by atoms with Crippen molar-refractivity contribution in [3.63, 3.8) is 0 Å². The first-order valence-corrected chi connectivity index (χ1v) is 10.4. The Morgan fingerprint density at radius 2 is 1.90 bits per heavy atom. The topological polar surface area (TPSA) is 95.7 Å². The quantitative estimate of drug-likeness (QED) is 0.630. The molecule has 30 heavy (non-hydrogen) atoms. The Hall–Kier alpha value is -2.38. The second kappa shape index (κ2) is 8.04. The summed E-state index contributed by atoms with van der Waals surface area (Å²) < 4.78 is 0. The molecule has 6 nitrogen and oxygen atoms in total. The second-order valence-corrected chi connectivity index (χ2v) is 8.25. The SMILES string of the molecule is NC(=O)c1cc(Cl)c2c(c1)N(CC=C1CCNCC1)C(=O)C2(O)c1ccccc1Cl. The number of nitrogens with two attached hydrogens (primary N) is 1. The Bertz CT molecular complexity index is 1060. The van der Waals surface area contributed by atoms with E-state index in [0.29, 0.717) is 5.69 Å². The van der Waals surface area contributed by atoms with Gasteiger partial charge in [0.1, 0.15) is 0 Å². The summed E-state index contributed by atoms with van der Waals surface area (Å²) in [5, 5.41) is 15.3. The lowest BCUT2D eigenvalue weighted by molar-refractivity contribution is -0.132. The van der Waals surface area contributed by atoms with Crippen molar-refractivity contribution in [1.29, 1.82) is 0 Å². The molecule has 0 bridgehead atoms. The number of fused-ring (bicyclic) bond motifs is 1. The van der Waals surface area contributed by atoms with Crippen LogP contribution in [-0.2, 0) is 10.4 Å². The molecular weight excluding hydrogens is 425 g/mol. The van der Waals surface area contributed by atoms with Crippen molar-refractivity contribution in [2.45, 2.75) is 18.4 Å². The first-order valence-electron chi connectivity index (χ1n) is 9.66. The molecule has 156 valence electrons. The summed E-state index contributed by atoms with van der Waals surface area (Å²) in [7, 11) is 0. The minimum Gasteiger partial charge on any atom is -0.372 e. The number of carbonyl (C=O) groups excluding carboxylic acids is 2. The van der Waals surface area contributed by atoms with Gasteiger partial charge >= 0.3 is 0 Å². The number of rotatable bonds is 4. The van der Waals surface area contributed by atoms with E-state index < -0.39 is 17.4 Å². The zero-order chi connectivity index (χ0) is 21.5. The van der Waals surface area contributed by atoms with Gasteiger partial charge in [0.15, 0.2) is 5.60 Å². The lowest BCUT2D eigenvalue weighted by atomic mass is 9.87. The predicted octanol–water partition coefficient (Wildman–Crippen LogP) is 2.98. The summed E-state index contributed by atoms with van der Waals surface area (Å²) in [6.45, 7) is 2.02. The third-order valence-electron chi connectivity index (χ3n) is 5.63. The van der Waals surface area contributed by atoms with Crippen LogP contribution >= 0.6 is 23.2 Å². The van der Waals surface area contributed by atoms with Gasteiger partial charge in [-0.15, -0.1) is 0 Å². The number of anilines is 1. The van der Waals surface area contributed by atoms with E-state index in [1.54, 1.807) is 24.3 Å². The minimum absolute atomic E-state index is 0.0779. The molecule has 2 amide bonds. The molecule has 2 aliphatic rings. The molecule has 0 saturated carbocycles. The molecule has 2 aromatic rings. The minimum atomic E-state index is -2.06. The Balaban J connectivity index is 1.87. The van der Waals surface area contributed by atoms with Crippen LogP contribution in [0.3, 0.4) is 0 Å². The van der Waals surface area contributed by atoms with E-state index in [-0.39, 0.29) is 33.3 Å². The number of hydrogen-bond donors (Lipinski definition) is 3. The molecule has 1 fully saturated rings. The fourth-order valence-electron chi connectivity index (χ4n) is 4.08. The molecule has 4 rings (SSSR count). The van der Waals surface area contributed by atoms with Crippen LogP contribution in [-0.4, -0.2) is 36.6 Å². The number of amides is 2. The molecule has 2 aromatic carbocycles. The fraction of sp³-hybridized carbons (Fsp3) is 0.273. The Morgan fingerprint density at radius 3 is 2.57 bits per heavy atom. The van der Waals surface area contributed by atoms with Crippen molar-refractivity contribution in [2.24, 2.45) is 5.73 Å². The molecule has 8 heteroatoms. The van der Waals surface area contributed by atoms with Crippen LogP contribution in [0.15, 0.2) is 48.0 Å². The Morgan fingerprint density at radius 1 is 1.20 bits per heavy atom. The summed E-state index contributed by atoms with van der Waals surface area (Å²) in [5.74, 6) is -1.24. The van der Waals surface area contributed by atoms with Crippen molar-refractivity contribution < 1.29 is 14.7 Å². The van der Waals surface area contributed by atoms with Gasteiger partial charge in [-0.05, 0) is 44.1 Å². The standard InChI is InChI=1S/C22H21Cl2N3O3/c23-16-4-2-1-3-15(16)22(30)19-17(24)11-14(20(25)28)12-18(19)27(21(22)29)10-7-13-5-8-26-9-6-13/h1-4,7,11-12,26,30H,5-6,8-10H2,(H2,25,28). The fourth-order valence-corrected chi connectivity index (χ4v) is 4.70. The Labute approximate surface area is 184 Å². The van der Waals surface area contributed by atoms with Gasteiger partial charge in [0.05, 0.1) is 10.7 Å². The van der Waals surface area contributed by atoms with E-state index in [1.165, 1.54) is 22.6 Å². The highest BCUT2D eigenvalue weighted by molar-refractivity contribution is 6.35. The van der Waals surface area contributed by atoms with E-state index in [9.17, 15) is 14.7 Å². The number of hydrogen-bond acceptors (Lipinski definition) is 4. The van der Waals surface area contributed by atoms with E-state index in [4.69, 9.17) is 28.9 Å². The third kappa shape index (κ3) is 3.40. The van der Waals surface area contributed by atoms with Gasteiger partial charge in [0.2, 0.25) is 5.91 Å². The summed E-state index contributed by atoms with van der Waals surface area (Å²) in [4.78, 5) is 26.8. The maximum Gasteiger partial charge on any atom is 0.268 e. The highest BCUT2D eigenvalue weighted by atomic mass is 35.5. The number of piperidine rings is 1. The molecule has 2 heterocycles. The molecule has 1 atom stereocenters. The second-order valence-electron chi connectivity index (χ2n) is 7.43. The average Bonchev–Trinajstić information content (AvgIpc) is 2.95. The molecule has 1 unspecified atom stereocenters. The van der Waals surface area contributed by atoms with Gasteiger partial charge in [0.25, 0.3) is 5.91 Å². The van der Waals surface area contributed by atoms with Gasteiger partial charge in [-0.2, -0.15) is 0 Å². The van der Waals surface area contributed by atoms with E-state index >= 15 is 0 Å². The average molecular weight is 446 g/mol. The number of nitrogens with zero attached hydrogens (tertiary/aromatic N) is 1. The molecular formula is C22H21Cl2N3O3. The smallest absolute Gasteiger partial charge is 0.268 e. The maximum absolute atomic E-state index is 13.5. The first-order chi connectivity index (χ1) is 14.3. The molecule has 0 spiro atoms.